The molecule has 3 atom stereocenters. The quantitative estimate of drug-likeness (QED) is 0.709. The lowest BCUT2D eigenvalue weighted by Gasteiger charge is -2.17. The van der Waals surface area contributed by atoms with Gasteiger partial charge in [0, 0.05) is 10.8 Å². The Morgan fingerprint density at radius 1 is 1.30 bits per heavy atom. The zero-order chi connectivity index (χ0) is 19.0. The van der Waals surface area contributed by atoms with Crippen molar-refractivity contribution < 1.29 is 5.32 Å². The number of nitrogens with zero attached hydrogens (tertiary/aromatic N) is 1. The summed E-state index contributed by atoms with van der Waals surface area (Å²) in [7, 11) is 0. The molecule has 3 aromatic rings. The molecule has 0 saturated heterocycles. The summed E-state index contributed by atoms with van der Waals surface area (Å²) in [5.74, 6) is 1.95. The van der Waals surface area contributed by atoms with Crippen LogP contribution in [0.2, 0.25) is 0 Å². The molecule has 5 heteroatoms. The maximum atomic E-state index is 12.8. The minimum absolute atomic E-state index is 0.0402. The zero-order valence-electron chi connectivity index (χ0n) is 16.3. The van der Waals surface area contributed by atoms with E-state index in [9.17, 15) is 4.79 Å². The summed E-state index contributed by atoms with van der Waals surface area (Å²) >= 11 is 1.73. The third kappa shape index (κ3) is 3.71. The van der Waals surface area contributed by atoms with E-state index < -0.39 is 0 Å². The summed E-state index contributed by atoms with van der Waals surface area (Å²) in [6.45, 7) is 7.62. The number of fused-ring (bicyclic) bond motifs is 3. The molecule has 3 N–H and O–H groups in total. The van der Waals surface area contributed by atoms with Crippen LogP contribution in [0.1, 0.15) is 61.0 Å². The van der Waals surface area contributed by atoms with Crippen LogP contribution >= 0.6 is 11.3 Å². The summed E-state index contributed by atoms with van der Waals surface area (Å²) in [5.41, 5.74) is 2.64. The van der Waals surface area contributed by atoms with Crippen LogP contribution < -0.4 is 10.9 Å². The first-order chi connectivity index (χ1) is 13.0. The van der Waals surface area contributed by atoms with Gasteiger partial charge in [-0.2, -0.15) is 0 Å². The van der Waals surface area contributed by atoms with E-state index in [1.165, 1.54) is 22.4 Å². The predicted octanol–water partition coefficient (Wildman–Crippen LogP) is 3.54. The molecule has 4 nitrogen and oxygen atoms in total. The average molecular weight is 383 g/mol. The van der Waals surface area contributed by atoms with Gasteiger partial charge in [-0.3, -0.25) is 4.79 Å². The smallest absolute Gasteiger partial charge is 0.260 e. The van der Waals surface area contributed by atoms with Gasteiger partial charge < -0.3 is 10.3 Å². The van der Waals surface area contributed by atoms with Crippen molar-refractivity contribution in [3.8, 4) is 0 Å². The van der Waals surface area contributed by atoms with Gasteiger partial charge in [-0.05, 0) is 43.2 Å². The fourth-order valence-electron chi connectivity index (χ4n) is 4.02. The minimum Gasteiger partial charge on any atom is -0.337 e. The molecule has 4 rings (SSSR count). The highest BCUT2D eigenvalue weighted by atomic mass is 32.1. The highest BCUT2D eigenvalue weighted by molar-refractivity contribution is 7.18. The Kier molecular flexibility index (Phi) is 5.15. The maximum absolute atomic E-state index is 12.8. The van der Waals surface area contributed by atoms with Crippen molar-refractivity contribution in [2.45, 2.75) is 52.0 Å². The normalized spacial score (nSPS) is 19.0. The van der Waals surface area contributed by atoms with E-state index in [-0.39, 0.29) is 11.6 Å². The number of nitrogens with one attached hydrogen (secondary N) is 1. The first-order valence-electron chi connectivity index (χ1n) is 9.95. The third-order valence-electron chi connectivity index (χ3n) is 5.83. The summed E-state index contributed by atoms with van der Waals surface area (Å²) in [6, 6.07) is 10.7. The number of aromatic nitrogens is 2. The predicted molar refractivity (Wildman–Crippen MR) is 111 cm³/mol. The fourth-order valence-corrected chi connectivity index (χ4v) is 5.41. The van der Waals surface area contributed by atoms with Crippen LogP contribution in [0.5, 0.6) is 0 Å². The van der Waals surface area contributed by atoms with Crippen LogP contribution in [-0.2, 0) is 12.8 Å². The molecular formula is C22H28N3OS+. The Balaban J connectivity index is 1.54. The van der Waals surface area contributed by atoms with Crippen LogP contribution in [0, 0.1) is 5.92 Å². The van der Waals surface area contributed by atoms with Gasteiger partial charge in [0.1, 0.15) is 10.9 Å². The molecule has 0 unspecified atom stereocenters. The molecule has 0 fully saturated rings. The molecule has 2 heterocycles. The summed E-state index contributed by atoms with van der Waals surface area (Å²) in [5, 5.41) is 3.12. The second kappa shape index (κ2) is 7.56. The van der Waals surface area contributed by atoms with Crippen LogP contribution in [0.15, 0.2) is 35.1 Å². The van der Waals surface area contributed by atoms with Gasteiger partial charge in [0.15, 0.2) is 5.82 Å². The first kappa shape index (κ1) is 18.4. The number of thiophene rings is 1. The van der Waals surface area contributed by atoms with Gasteiger partial charge in [-0.25, -0.2) is 4.98 Å². The number of aromatic amines is 1. The average Bonchev–Trinajstić information content (AvgIpc) is 3.04. The molecular weight excluding hydrogens is 354 g/mol. The number of benzene rings is 1. The van der Waals surface area contributed by atoms with Gasteiger partial charge in [-0.15, -0.1) is 11.3 Å². The van der Waals surface area contributed by atoms with E-state index in [2.05, 4.69) is 55.3 Å². The Morgan fingerprint density at radius 3 is 2.85 bits per heavy atom. The topological polar surface area (TPSA) is 62.4 Å². The number of quaternary nitrogens is 1. The van der Waals surface area contributed by atoms with Crippen molar-refractivity contribution >= 4 is 21.6 Å². The molecule has 0 saturated carbocycles. The van der Waals surface area contributed by atoms with Crippen LogP contribution in [0.4, 0.5) is 0 Å². The summed E-state index contributed by atoms with van der Waals surface area (Å²) in [6.07, 6.45) is 3.26. The number of hydrogen-bond donors (Lipinski definition) is 2. The van der Waals surface area contributed by atoms with E-state index in [4.69, 9.17) is 4.98 Å². The molecule has 0 spiro atoms. The number of nitrogens with two attached hydrogens (primary N) is 1. The zero-order valence-corrected chi connectivity index (χ0v) is 17.1. The summed E-state index contributed by atoms with van der Waals surface area (Å²) < 4.78 is 0. The second-order valence-corrected chi connectivity index (χ2v) is 9.14. The molecule has 27 heavy (non-hydrogen) atoms. The lowest BCUT2D eigenvalue weighted by atomic mass is 9.89. The molecule has 0 amide bonds. The molecule has 1 aromatic carbocycles. The van der Waals surface area contributed by atoms with Gasteiger partial charge in [0.25, 0.3) is 5.56 Å². The number of rotatable bonds is 5. The Hall–Kier alpha value is -1.98. The van der Waals surface area contributed by atoms with Crippen molar-refractivity contribution in [2.24, 2.45) is 5.92 Å². The number of aryl methyl sites for hydroxylation is 1. The Bertz CT molecular complexity index is 992. The van der Waals surface area contributed by atoms with E-state index in [0.29, 0.717) is 11.8 Å². The molecule has 1 aliphatic carbocycles. The molecule has 1 aliphatic rings. The largest absolute Gasteiger partial charge is 0.337 e. The second-order valence-electron chi connectivity index (χ2n) is 8.05. The van der Waals surface area contributed by atoms with Gasteiger partial charge in [0.05, 0.1) is 11.9 Å². The molecule has 0 bridgehead atoms. The molecule has 2 aromatic heterocycles. The third-order valence-corrected chi connectivity index (χ3v) is 6.98. The van der Waals surface area contributed by atoms with Crippen LogP contribution in [0.25, 0.3) is 10.2 Å². The van der Waals surface area contributed by atoms with Crippen molar-refractivity contribution in [3.63, 3.8) is 0 Å². The van der Waals surface area contributed by atoms with Gasteiger partial charge >= 0.3 is 0 Å². The maximum Gasteiger partial charge on any atom is 0.260 e. The monoisotopic (exact) mass is 382 g/mol. The van der Waals surface area contributed by atoms with E-state index in [1.54, 1.807) is 11.3 Å². The Morgan fingerprint density at radius 2 is 2.07 bits per heavy atom. The Labute approximate surface area is 164 Å². The van der Waals surface area contributed by atoms with Crippen LogP contribution in [0.3, 0.4) is 0 Å². The highest BCUT2D eigenvalue weighted by Gasteiger charge is 2.24. The van der Waals surface area contributed by atoms with Gasteiger partial charge in [-0.1, -0.05) is 44.2 Å². The van der Waals surface area contributed by atoms with Crippen molar-refractivity contribution in [3.05, 3.63) is 62.5 Å². The first-order valence-corrected chi connectivity index (χ1v) is 10.8. The fraction of sp³-hybridized carbons (Fsp3) is 0.455. The van der Waals surface area contributed by atoms with E-state index >= 15 is 0 Å². The van der Waals surface area contributed by atoms with E-state index in [1.807, 2.05) is 6.07 Å². The highest BCUT2D eigenvalue weighted by Crippen LogP contribution is 2.35. The number of H-pyrrole nitrogens is 1. The minimum atomic E-state index is 0.0402. The lowest BCUT2D eigenvalue weighted by molar-refractivity contribution is -0.695. The van der Waals surface area contributed by atoms with E-state index in [0.717, 1.165) is 35.4 Å². The SMILES string of the molecule is C[C@H]1CCc2c(sc3nc([C@@H](C)[NH2+]C[C@@H](C)c4ccccc4)[nH]c(=O)c23)C1. The standard InChI is InChI=1S/C22H27N3OS/c1-13-9-10-17-18(11-13)27-22-19(17)21(26)24-20(25-22)15(3)23-12-14(2)16-7-5-4-6-8-16/h4-8,13-15,23H,9-12H2,1-3H3,(H,24,25,26)/p+1/t13-,14+,15+/m0/s1. The molecule has 0 radical (unpaired) electrons. The van der Waals surface area contributed by atoms with Crippen molar-refractivity contribution in [1.29, 1.82) is 0 Å². The summed E-state index contributed by atoms with van der Waals surface area (Å²) in [4.78, 5) is 23.0. The van der Waals surface area contributed by atoms with Crippen molar-refractivity contribution in [2.75, 3.05) is 6.54 Å². The number of hydrogen-bond acceptors (Lipinski definition) is 3. The van der Waals surface area contributed by atoms with Crippen molar-refractivity contribution in [1.82, 2.24) is 9.97 Å². The molecule has 0 aliphatic heterocycles. The lowest BCUT2D eigenvalue weighted by Crippen LogP contribution is -2.85. The van der Waals surface area contributed by atoms with Crippen LogP contribution in [-0.4, -0.2) is 16.5 Å². The molecule has 142 valence electrons. The van der Waals surface area contributed by atoms with Gasteiger partial charge in [0.2, 0.25) is 0 Å².